The minimum atomic E-state index is 0.570. The number of aryl methyl sites for hydroxylation is 1. The van der Waals surface area contributed by atoms with Gasteiger partial charge in [-0.25, -0.2) is 0 Å². The Morgan fingerprint density at radius 1 is 1.11 bits per heavy atom. The quantitative estimate of drug-likeness (QED) is 0.724. The van der Waals surface area contributed by atoms with E-state index in [4.69, 9.17) is 0 Å². The predicted molar refractivity (Wildman–Crippen MR) is 88.0 cm³/mol. The van der Waals surface area contributed by atoms with Gasteiger partial charge in [-0.2, -0.15) is 0 Å². The second-order valence-corrected chi connectivity index (χ2v) is 4.55. The molecule has 0 bridgehead atoms. The minimum absolute atomic E-state index is 0.570. The lowest BCUT2D eigenvalue weighted by Crippen LogP contribution is -2.24. The Bertz CT molecular complexity index is 310. The second kappa shape index (κ2) is 12.0. The first-order valence-electron chi connectivity index (χ1n) is 7.80. The Morgan fingerprint density at radius 2 is 1.79 bits per heavy atom. The van der Waals surface area contributed by atoms with E-state index in [0.29, 0.717) is 6.04 Å². The molecule has 110 valence electrons. The fraction of sp³-hybridized carbons (Fsp3) is 0.647. The Morgan fingerprint density at radius 3 is 2.37 bits per heavy atom. The number of hydrogen-bond donors (Lipinski definition) is 2. The maximum absolute atomic E-state index is 3.68. The fourth-order valence-electron chi connectivity index (χ4n) is 2.07. The monoisotopic (exact) mass is 264 g/mol. The molecular formula is C17H32N2. The van der Waals surface area contributed by atoms with E-state index in [1.165, 1.54) is 30.5 Å². The molecule has 0 saturated heterocycles. The van der Waals surface area contributed by atoms with Gasteiger partial charge in [-0.3, -0.25) is 0 Å². The van der Waals surface area contributed by atoms with Crippen molar-refractivity contribution in [2.24, 2.45) is 0 Å². The van der Waals surface area contributed by atoms with Crippen LogP contribution in [0.3, 0.4) is 0 Å². The number of hydrogen-bond acceptors (Lipinski definition) is 2. The number of nitrogens with one attached hydrogen (secondary N) is 2. The average molecular weight is 264 g/mol. The van der Waals surface area contributed by atoms with Crippen LogP contribution in [0.15, 0.2) is 24.3 Å². The van der Waals surface area contributed by atoms with Gasteiger partial charge in [0.25, 0.3) is 0 Å². The first-order chi connectivity index (χ1) is 9.31. The van der Waals surface area contributed by atoms with Gasteiger partial charge in [0, 0.05) is 11.7 Å². The van der Waals surface area contributed by atoms with Crippen LogP contribution in [0.5, 0.6) is 0 Å². The summed E-state index contributed by atoms with van der Waals surface area (Å²) in [5.41, 5.74) is 2.76. The van der Waals surface area contributed by atoms with Crippen molar-refractivity contribution < 1.29 is 0 Å². The zero-order valence-corrected chi connectivity index (χ0v) is 13.4. The highest BCUT2D eigenvalue weighted by atomic mass is 14.9. The Hall–Kier alpha value is -1.02. The van der Waals surface area contributed by atoms with Gasteiger partial charge in [-0.1, -0.05) is 52.3 Å². The van der Waals surface area contributed by atoms with Crippen LogP contribution in [-0.2, 0) is 6.42 Å². The van der Waals surface area contributed by atoms with E-state index < -0.39 is 0 Å². The fourth-order valence-corrected chi connectivity index (χ4v) is 2.07. The molecule has 0 amide bonds. The molecule has 1 rings (SSSR count). The number of rotatable bonds is 8. The van der Waals surface area contributed by atoms with Crippen molar-refractivity contribution in [2.45, 2.75) is 59.4 Å². The molecule has 2 N–H and O–H groups in total. The zero-order valence-electron chi connectivity index (χ0n) is 13.4. The van der Waals surface area contributed by atoms with E-state index >= 15 is 0 Å². The minimum Gasteiger partial charge on any atom is -0.382 e. The molecule has 0 aliphatic rings. The lowest BCUT2D eigenvalue weighted by molar-refractivity contribution is 0.604. The van der Waals surface area contributed by atoms with Crippen LogP contribution >= 0.6 is 0 Å². The summed E-state index contributed by atoms with van der Waals surface area (Å²) in [4.78, 5) is 0. The molecule has 1 unspecified atom stereocenters. The summed E-state index contributed by atoms with van der Waals surface area (Å²) in [6, 6.07) is 9.25. The molecule has 0 aliphatic carbocycles. The van der Waals surface area contributed by atoms with Crippen LogP contribution in [0.2, 0.25) is 0 Å². The third-order valence-electron chi connectivity index (χ3n) is 3.13. The predicted octanol–water partition coefficient (Wildman–Crippen LogP) is 4.47. The number of benzene rings is 1. The van der Waals surface area contributed by atoms with Crippen molar-refractivity contribution in [3.05, 3.63) is 29.8 Å². The van der Waals surface area contributed by atoms with E-state index in [-0.39, 0.29) is 0 Å². The number of para-hydroxylation sites is 1. The second-order valence-electron chi connectivity index (χ2n) is 4.55. The van der Waals surface area contributed by atoms with Crippen LogP contribution in [-0.4, -0.2) is 19.6 Å². The molecule has 1 aromatic carbocycles. The van der Waals surface area contributed by atoms with Gasteiger partial charge >= 0.3 is 0 Å². The van der Waals surface area contributed by atoms with E-state index in [1.807, 2.05) is 20.9 Å². The summed E-state index contributed by atoms with van der Waals surface area (Å²) in [5, 5.41) is 6.89. The molecule has 1 aromatic rings. The molecule has 2 heteroatoms. The molecule has 0 aromatic heterocycles. The first-order valence-corrected chi connectivity index (χ1v) is 7.80. The molecule has 0 fully saturated rings. The Labute approximate surface area is 120 Å². The van der Waals surface area contributed by atoms with Crippen molar-refractivity contribution in [2.75, 3.05) is 18.9 Å². The third-order valence-corrected chi connectivity index (χ3v) is 3.13. The molecule has 0 aliphatic heterocycles. The van der Waals surface area contributed by atoms with Crippen molar-refractivity contribution in [3.8, 4) is 0 Å². The van der Waals surface area contributed by atoms with E-state index in [1.54, 1.807) is 0 Å². The largest absolute Gasteiger partial charge is 0.382 e. The van der Waals surface area contributed by atoms with E-state index in [2.05, 4.69) is 48.7 Å². The van der Waals surface area contributed by atoms with Crippen molar-refractivity contribution in [3.63, 3.8) is 0 Å². The smallest absolute Gasteiger partial charge is 0.0374 e. The summed E-state index contributed by atoms with van der Waals surface area (Å²) < 4.78 is 0. The number of anilines is 1. The lowest BCUT2D eigenvalue weighted by atomic mass is 10.1. The van der Waals surface area contributed by atoms with Gasteiger partial charge in [0.1, 0.15) is 0 Å². The van der Waals surface area contributed by atoms with Gasteiger partial charge in [0.15, 0.2) is 0 Å². The Kier molecular flexibility index (Phi) is 11.4. The molecule has 1 atom stereocenters. The lowest BCUT2D eigenvalue weighted by Gasteiger charge is -2.20. The zero-order chi connectivity index (χ0) is 14.5. The van der Waals surface area contributed by atoms with Gasteiger partial charge < -0.3 is 10.6 Å². The van der Waals surface area contributed by atoms with Gasteiger partial charge in [-0.05, 0) is 44.5 Å². The highest BCUT2D eigenvalue weighted by Gasteiger charge is 2.07. The standard InChI is InChI=1S/C15H26N2.C2H6/c1-4-8-13-9-6-7-10-15(13)17-14(5-2)11-12-16-3;1-2/h6-7,9-10,14,16-17H,4-5,8,11-12H2,1-3H3;1-2H3. The normalized spacial score (nSPS) is 11.4. The van der Waals surface area contributed by atoms with Crippen LogP contribution < -0.4 is 10.6 Å². The van der Waals surface area contributed by atoms with Crippen LogP contribution in [0.1, 0.15) is 52.5 Å². The topological polar surface area (TPSA) is 24.1 Å². The van der Waals surface area contributed by atoms with Crippen molar-refractivity contribution in [1.29, 1.82) is 0 Å². The molecule has 19 heavy (non-hydrogen) atoms. The van der Waals surface area contributed by atoms with Gasteiger partial charge in [-0.15, -0.1) is 0 Å². The molecule has 0 heterocycles. The van der Waals surface area contributed by atoms with E-state index in [0.717, 1.165) is 13.0 Å². The third kappa shape index (κ3) is 7.22. The van der Waals surface area contributed by atoms with Crippen molar-refractivity contribution in [1.82, 2.24) is 5.32 Å². The summed E-state index contributed by atoms with van der Waals surface area (Å²) in [5.74, 6) is 0. The molecule has 0 radical (unpaired) electrons. The molecular weight excluding hydrogens is 232 g/mol. The molecule has 0 saturated carbocycles. The molecule has 0 spiro atoms. The first kappa shape index (κ1) is 18.0. The highest BCUT2D eigenvalue weighted by molar-refractivity contribution is 5.51. The van der Waals surface area contributed by atoms with Crippen LogP contribution in [0, 0.1) is 0 Å². The van der Waals surface area contributed by atoms with Crippen molar-refractivity contribution >= 4 is 5.69 Å². The SMILES string of the molecule is CC.CCCc1ccccc1NC(CC)CCNC. The Balaban J connectivity index is 0.00000154. The molecule has 2 nitrogen and oxygen atoms in total. The summed E-state index contributed by atoms with van der Waals surface area (Å²) >= 11 is 0. The summed E-state index contributed by atoms with van der Waals surface area (Å²) in [6.07, 6.45) is 4.70. The average Bonchev–Trinajstić information content (AvgIpc) is 2.47. The van der Waals surface area contributed by atoms with Crippen LogP contribution in [0.4, 0.5) is 5.69 Å². The summed E-state index contributed by atoms with van der Waals surface area (Å²) in [6.45, 7) is 9.55. The van der Waals surface area contributed by atoms with Gasteiger partial charge in [0.05, 0.1) is 0 Å². The maximum atomic E-state index is 3.68. The van der Waals surface area contributed by atoms with Crippen LogP contribution in [0.25, 0.3) is 0 Å². The summed E-state index contributed by atoms with van der Waals surface area (Å²) in [7, 11) is 2.01. The van der Waals surface area contributed by atoms with Gasteiger partial charge in [0.2, 0.25) is 0 Å². The highest BCUT2D eigenvalue weighted by Crippen LogP contribution is 2.19. The maximum Gasteiger partial charge on any atom is 0.0374 e. The van der Waals surface area contributed by atoms with E-state index in [9.17, 15) is 0 Å².